The molecule has 97 valence electrons. The molecule has 0 fully saturated rings. The van der Waals surface area contributed by atoms with E-state index in [1.165, 1.54) is 6.08 Å². The second-order valence-corrected chi connectivity index (χ2v) is 3.41. The van der Waals surface area contributed by atoms with Crippen LogP contribution < -0.4 is 4.74 Å². The minimum Gasteiger partial charge on any atom is -0.406 e. The summed E-state index contributed by atoms with van der Waals surface area (Å²) in [5, 5.41) is 10.6. The lowest BCUT2D eigenvalue weighted by molar-refractivity contribution is -0.385. The quantitative estimate of drug-likeness (QED) is 0.472. The van der Waals surface area contributed by atoms with Crippen LogP contribution in [0.4, 0.5) is 18.9 Å². The molecule has 0 aliphatic carbocycles. The van der Waals surface area contributed by atoms with E-state index in [4.69, 9.17) is 0 Å². The van der Waals surface area contributed by atoms with Gasteiger partial charge >= 0.3 is 6.36 Å². The van der Waals surface area contributed by atoms with Gasteiger partial charge in [0.1, 0.15) is 5.75 Å². The van der Waals surface area contributed by atoms with E-state index in [0.29, 0.717) is 6.07 Å². The first kappa shape index (κ1) is 14.0. The van der Waals surface area contributed by atoms with Crippen LogP contribution >= 0.6 is 0 Å². The maximum Gasteiger partial charge on any atom is 0.573 e. The summed E-state index contributed by atoms with van der Waals surface area (Å²) < 4.78 is 39.8. The standard InChI is InChI=1S/C11H9F3NO3/c1-3-7(2)8-4-9(15(16)17)6-10(5-8)18-11(12,13)14/h3-7H,1-2H2. The number of alkyl halides is 3. The predicted octanol–water partition coefficient (Wildman–Crippen LogP) is 3.60. The fraction of sp³-hybridized carbons (Fsp3) is 0.182. The fourth-order valence-corrected chi connectivity index (χ4v) is 1.25. The number of nitro benzene ring substituents is 1. The normalized spacial score (nSPS) is 12.9. The molecule has 7 heteroatoms. The van der Waals surface area contributed by atoms with Crippen molar-refractivity contribution in [1.29, 1.82) is 0 Å². The zero-order valence-electron chi connectivity index (χ0n) is 9.11. The molecule has 0 heterocycles. The number of allylic oxidation sites excluding steroid dienone is 1. The highest BCUT2D eigenvalue weighted by Crippen LogP contribution is 2.31. The van der Waals surface area contributed by atoms with Gasteiger partial charge in [-0.15, -0.1) is 19.8 Å². The molecule has 0 amide bonds. The molecule has 0 N–H and O–H groups in total. The average Bonchev–Trinajstić information content (AvgIpc) is 2.25. The lowest BCUT2D eigenvalue weighted by atomic mass is 10.0. The summed E-state index contributed by atoms with van der Waals surface area (Å²) in [6, 6.07) is 2.87. The second-order valence-electron chi connectivity index (χ2n) is 3.41. The molecule has 1 aromatic carbocycles. The van der Waals surface area contributed by atoms with E-state index in [9.17, 15) is 23.3 Å². The summed E-state index contributed by atoms with van der Waals surface area (Å²) >= 11 is 0. The molecule has 1 unspecified atom stereocenters. The van der Waals surface area contributed by atoms with Crippen LogP contribution in [-0.4, -0.2) is 11.3 Å². The zero-order valence-corrected chi connectivity index (χ0v) is 9.11. The van der Waals surface area contributed by atoms with Gasteiger partial charge in [-0.25, -0.2) is 0 Å². The van der Waals surface area contributed by atoms with Gasteiger partial charge in [0.05, 0.1) is 11.0 Å². The summed E-state index contributed by atoms with van der Waals surface area (Å²) in [7, 11) is 0. The first-order valence-corrected chi connectivity index (χ1v) is 4.73. The number of non-ortho nitro benzene ring substituents is 1. The van der Waals surface area contributed by atoms with Gasteiger partial charge in [0.2, 0.25) is 0 Å². The number of nitro groups is 1. The van der Waals surface area contributed by atoms with Crippen LogP contribution in [0, 0.1) is 17.0 Å². The van der Waals surface area contributed by atoms with Crippen molar-refractivity contribution < 1.29 is 22.8 Å². The van der Waals surface area contributed by atoms with Crippen LogP contribution in [0.1, 0.15) is 11.5 Å². The number of ether oxygens (including phenoxy) is 1. The van der Waals surface area contributed by atoms with E-state index in [0.717, 1.165) is 12.1 Å². The number of hydrogen-bond acceptors (Lipinski definition) is 3. The Morgan fingerprint density at radius 3 is 2.44 bits per heavy atom. The highest BCUT2D eigenvalue weighted by molar-refractivity contribution is 5.45. The average molecular weight is 260 g/mol. The molecule has 1 rings (SSSR count). The molecule has 0 saturated heterocycles. The molecule has 0 aromatic heterocycles. The summed E-state index contributed by atoms with van der Waals surface area (Å²) in [6.07, 6.45) is -3.55. The minimum atomic E-state index is -4.91. The van der Waals surface area contributed by atoms with E-state index in [-0.39, 0.29) is 5.56 Å². The van der Waals surface area contributed by atoms with Crippen molar-refractivity contribution in [3.05, 3.63) is 53.5 Å². The van der Waals surface area contributed by atoms with E-state index >= 15 is 0 Å². The van der Waals surface area contributed by atoms with Gasteiger partial charge in [0.25, 0.3) is 5.69 Å². The van der Waals surface area contributed by atoms with E-state index < -0.39 is 28.6 Å². The Morgan fingerprint density at radius 1 is 1.39 bits per heavy atom. The SMILES string of the molecule is [CH2]C(C=C)c1cc(OC(F)(F)F)cc([N+](=O)[O-])c1. The summed E-state index contributed by atoms with van der Waals surface area (Å²) in [6.45, 7) is 7.01. The molecule has 0 bridgehead atoms. The predicted molar refractivity (Wildman–Crippen MR) is 58.1 cm³/mol. The molecule has 0 aliphatic rings. The summed E-state index contributed by atoms with van der Waals surface area (Å²) in [4.78, 5) is 9.80. The van der Waals surface area contributed by atoms with E-state index in [1.807, 2.05) is 0 Å². The molecule has 1 radical (unpaired) electrons. The smallest absolute Gasteiger partial charge is 0.406 e. The van der Waals surface area contributed by atoms with Crippen LogP contribution in [0.15, 0.2) is 30.9 Å². The Kier molecular flexibility index (Phi) is 3.95. The van der Waals surface area contributed by atoms with Crippen LogP contribution in [0.5, 0.6) is 5.75 Å². The Hall–Kier alpha value is -2.05. The molecular weight excluding hydrogens is 251 g/mol. The first-order valence-electron chi connectivity index (χ1n) is 4.73. The summed E-state index contributed by atoms with van der Waals surface area (Å²) in [5.74, 6) is -1.22. The van der Waals surface area contributed by atoms with Crippen LogP contribution in [0.25, 0.3) is 0 Å². The Morgan fingerprint density at radius 2 is 2.00 bits per heavy atom. The van der Waals surface area contributed by atoms with Gasteiger partial charge in [-0.2, -0.15) is 0 Å². The number of halogens is 3. The van der Waals surface area contributed by atoms with Crippen molar-refractivity contribution in [2.24, 2.45) is 0 Å². The maximum absolute atomic E-state index is 12.1. The van der Waals surface area contributed by atoms with Crippen molar-refractivity contribution in [3.63, 3.8) is 0 Å². The fourth-order valence-electron chi connectivity index (χ4n) is 1.25. The minimum absolute atomic E-state index is 0.221. The van der Waals surface area contributed by atoms with Gasteiger partial charge in [-0.1, -0.05) is 6.08 Å². The lowest BCUT2D eigenvalue weighted by Crippen LogP contribution is -2.17. The second kappa shape index (κ2) is 5.07. The van der Waals surface area contributed by atoms with Crippen molar-refractivity contribution >= 4 is 5.69 Å². The Bertz CT molecular complexity index is 471. The molecule has 1 atom stereocenters. The van der Waals surface area contributed by atoms with Gasteiger partial charge in [0.15, 0.2) is 0 Å². The molecule has 0 spiro atoms. The number of hydrogen-bond donors (Lipinski definition) is 0. The number of nitrogens with zero attached hydrogens (tertiary/aromatic N) is 1. The van der Waals surface area contributed by atoms with Crippen molar-refractivity contribution in [2.45, 2.75) is 12.3 Å². The van der Waals surface area contributed by atoms with Crippen molar-refractivity contribution in [3.8, 4) is 5.75 Å². The van der Waals surface area contributed by atoms with Crippen LogP contribution in [0.3, 0.4) is 0 Å². The Balaban J connectivity index is 3.22. The third kappa shape index (κ3) is 3.76. The molecule has 1 aromatic rings. The number of benzene rings is 1. The topological polar surface area (TPSA) is 52.4 Å². The third-order valence-corrected chi connectivity index (χ3v) is 2.07. The largest absolute Gasteiger partial charge is 0.573 e. The molecule has 0 aliphatic heterocycles. The van der Waals surface area contributed by atoms with Crippen LogP contribution in [0.2, 0.25) is 0 Å². The van der Waals surface area contributed by atoms with Crippen LogP contribution in [-0.2, 0) is 0 Å². The lowest BCUT2D eigenvalue weighted by Gasteiger charge is -2.12. The molecular formula is C11H9F3NO3. The molecule has 0 saturated carbocycles. The van der Waals surface area contributed by atoms with E-state index in [2.05, 4.69) is 18.2 Å². The first-order chi connectivity index (χ1) is 8.23. The van der Waals surface area contributed by atoms with Crippen molar-refractivity contribution in [2.75, 3.05) is 0 Å². The maximum atomic E-state index is 12.1. The molecule has 18 heavy (non-hydrogen) atoms. The zero-order chi connectivity index (χ0) is 13.9. The van der Waals surface area contributed by atoms with Gasteiger partial charge in [-0.05, 0) is 18.6 Å². The van der Waals surface area contributed by atoms with E-state index in [1.54, 1.807) is 0 Å². The van der Waals surface area contributed by atoms with Gasteiger partial charge in [0, 0.05) is 12.0 Å². The monoisotopic (exact) mass is 260 g/mol. The molecule has 4 nitrogen and oxygen atoms in total. The van der Waals surface area contributed by atoms with Crippen molar-refractivity contribution in [1.82, 2.24) is 0 Å². The van der Waals surface area contributed by atoms with Gasteiger partial charge in [-0.3, -0.25) is 10.1 Å². The highest BCUT2D eigenvalue weighted by atomic mass is 19.4. The Labute approximate surface area is 101 Å². The third-order valence-electron chi connectivity index (χ3n) is 2.07. The highest BCUT2D eigenvalue weighted by Gasteiger charge is 2.32. The summed E-state index contributed by atoms with van der Waals surface area (Å²) in [5.41, 5.74) is -0.277. The van der Waals surface area contributed by atoms with Gasteiger partial charge < -0.3 is 4.74 Å². The number of rotatable bonds is 4.